The van der Waals surface area contributed by atoms with Crippen LogP contribution in [0.2, 0.25) is 0 Å². The maximum atomic E-state index is 13.3. The Hall–Kier alpha value is -2.03. The first-order valence-corrected chi connectivity index (χ1v) is 7.36. The van der Waals surface area contributed by atoms with Crippen LogP contribution < -0.4 is 10.1 Å². The summed E-state index contributed by atoms with van der Waals surface area (Å²) in [5.74, 6) is 0.233. The van der Waals surface area contributed by atoms with Crippen LogP contribution in [0.15, 0.2) is 42.5 Å². The van der Waals surface area contributed by atoms with Gasteiger partial charge in [0, 0.05) is 6.07 Å². The summed E-state index contributed by atoms with van der Waals surface area (Å²) in [6.45, 7) is 4.27. The van der Waals surface area contributed by atoms with Gasteiger partial charge in [-0.2, -0.15) is 0 Å². The Morgan fingerprint density at radius 1 is 1.10 bits per heavy atom. The maximum absolute atomic E-state index is 13.3. The van der Waals surface area contributed by atoms with E-state index in [2.05, 4.69) is 43.4 Å². The highest BCUT2D eigenvalue weighted by Gasteiger charge is 2.12. The molecule has 0 aliphatic heterocycles. The fourth-order valence-electron chi connectivity index (χ4n) is 2.38. The first kappa shape index (κ1) is 15.4. The van der Waals surface area contributed by atoms with E-state index in [0.717, 1.165) is 18.5 Å². The number of aryl methyl sites for hydroxylation is 1. The zero-order valence-electron chi connectivity index (χ0n) is 12.8. The van der Waals surface area contributed by atoms with Crippen LogP contribution in [0.3, 0.4) is 0 Å². The topological polar surface area (TPSA) is 21.3 Å². The highest BCUT2D eigenvalue weighted by atomic mass is 19.1. The minimum atomic E-state index is -0.294. The van der Waals surface area contributed by atoms with Crippen LogP contribution in [-0.4, -0.2) is 7.11 Å². The first-order valence-electron chi connectivity index (χ1n) is 7.36. The van der Waals surface area contributed by atoms with Crippen molar-refractivity contribution in [3.63, 3.8) is 0 Å². The number of hydrogen-bond donors (Lipinski definition) is 1. The SMILES string of the molecule is CCc1ccc(C(CC)Nc2ccc(F)cc2OC)cc1. The van der Waals surface area contributed by atoms with Gasteiger partial charge in [-0.1, -0.05) is 38.1 Å². The molecule has 0 radical (unpaired) electrons. The molecular weight excluding hydrogens is 265 g/mol. The normalized spacial score (nSPS) is 12.0. The monoisotopic (exact) mass is 287 g/mol. The molecule has 2 aromatic carbocycles. The fourth-order valence-corrected chi connectivity index (χ4v) is 2.38. The Morgan fingerprint density at radius 3 is 2.38 bits per heavy atom. The predicted molar refractivity (Wildman–Crippen MR) is 85.4 cm³/mol. The average Bonchev–Trinajstić information content (AvgIpc) is 2.53. The number of methoxy groups -OCH3 is 1. The van der Waals surface area contributed by atoms with Crippen LogP contribution in [0, 0.1) is 5.82 Å². The van der Waals surface area contributed by atoms with E-state index in [1.165, 1.54) is 23.3 Å². The summed E-state index contributed by atoms with van der Waals surface area (Å²) in [4.78, 5) is 0. The molecule has 0 fully saturated rings. The van der Waals surface area contributed by atoms with Crippen molar-refractivity contribution < 1.29 is 9.13 Å². The lowest BCUT2D eigenvalue weighted by Crippen LogP contribution is -2.10. The van der Waals surface area contributed by atoms with Gasteiger partial charge in [-0.3, -0.25) is 0 Å². The van der Waals surface area contributed by atoms with Crippen LogP contribution in [0.25, 0.3) is 0 Å². The number of nitrogens with one attached hydrogen (secondary N) is 1. The zero-order chi connectivity index (χ0) is 15.2. The minimum Gasteiger partial charge on any atom is -0.494 e. The number of ether oxygens (including phenoxy) is 1. The maximum Gasteiger partial charge on any atom is 0.144 e. The van der Waals surface area contributed by atoms with Crippen LogP contribution in [0.5, 0.6) is 5.75 Å². The van der Waals surface area contributed by atoms with Gasteiger partial charge in [0.2, 0.25) is 0 Å². The van der Waals surface area contributed by atoms with Gasteiger partial charge < -0.3 is 10.1 Å². The van der Waals surface area contributed by atoms with Gasteiger partial charge in [0.05, 0.1) is 18.8 Å². The lowest BCUT2D eigenvalue weighted by Gasteiger charge is -2.20. The Labute approximate surface area is 126 Å². The molecule has 0 aliphatic carbocycles. The summed E-state index contributed by atoms with van der Waals surface area (Å²) in [5, 5.41) is 3.44. The number of hydrogen-bond acceptors (Lipinski definition) is 2. The highest BCUT2D eigenvalue weighted by molar-refractivity contribution is 5.57. The van der Waals surface area contributed by atoms with Gasteiger partial charge in [0.15, 0.2) is 0 Å². The third kappa shape index (κ3) is 3.75. The molecule has 1 N–H and O–H groups in total. The predicted octanol–water partition coefficient (Wildman–Crippen LogP) is 4.96. The zero-order valence-corrected chi connectivity index (χ0v) is 12.8. The summed E-state index contributed by atoms with van der Waals surface area (Å²) in [5.41, 5.74) is 3.36. The van der Waals surface area contributed by atoms with Crippen molar-refractivity contribution in [3.05, 3.63) is 59.4 Å². The van der Waals surface area contributed by atoms with E-state index >= 15 is 0 Å². The van der Waals surface area contributed by atoms with Crippen LogP contribution >= 0.6 is 0 Å². The fraction of sp³-hybridized carbons (Fsp3) is 0.333. The first-order chi connectivity index (χ1) is 10.2. The van der Waals surface area contributed by atoms with Crippen molar-refractivity contribution in [2.45, 2.75) is 32.7 Å². The van der Waals surface area contributed by atoms with Crippen molar-refractivity contribution in [2.75, 3.05) is 12.4 Å². The van der Waals surface area contributed by atoms with Crippen LogP contribution in [0.1, 0.15) is 37.4 Å². The molecule has 0 amide bonds. The standard InChI is InChI=1S/C18H22FNO/c1-4-13-6-8-14(9-7-13)16(5-2)20-17-11-10-15(19)12-18(17)21-3/h6-12,16,20H,4-5H2,1-3H3. The van der Waals surface area contributed by atoms with Crippen molar-refractivity contribution in [2.24, 2.45) is 0 Å². The summed E-state index contributed by atoms with van der Waals surface area (Å²) < 4.78 is 18.5. The van der Waals surface area contributed by atoms with Gasteiger partial charge in [-0.25, -0.2) is 4.39 Å². The molecule has 2 aromatic rings. The molecule has 112 valence electrons. The van der Waals surface area contributed by atoms with Gasteiger partial charge in [0.1, 0.15) is 11.6 Å². The Kier molecular flexibility index (Phi) is 5.20. The van der Waals surface area contributed by atoms with Gasteiger partial charge in [-0.15, -0.1) is 0 Å². The number of anilines is 1. The number of rotatable bonds is 6. The molecule has 0 aromatic heterocycles. The van der Waals surface area contributed by atoms with Crippen molar-refractivity contribution >= 4 is 5.69 Å². The molecule has 0 heterocycles. The molecule has 2 rings (SSSR count). The second-order valence-electron chi connectivity index (χ2n) is 5.04. The Balaban J connectivity index is 2.22. The molecule has 3 heteroatoms. The number of benzene rings is 2. The summed E-state index contributed by atoms with van der Waals surface area (Å²) in [7, 11) is 1.55. The minimum absolute atomic E-state index is 0.176. The van der Waals surface area contributed by atoms with E-state index < -0.39 is 0 Å². The molecule has 0 saturated heterocycles. The largest absolute Gasteiger partial charge is 0.494 e. The van der Waals surface area contributed by atoms with E-state index in [9.17, 15) is 4.39 Å². The Bertz CT molecular complexity index is 580. The average molecular weight is 287 g/mol. The molecule has 0 saturated carbocycles. The summed E-state index contributed by atoms with van der Waals surface area (Å²) >= 11 is 0. The number of halogens is 1. The molecule has 21 heavy (non-hydrogen) atoms. The lowest BCUT2D eigenvalue weighted by molar-refractivity contribution is 0.412. The highest BCUT2D eigenvalue weighted by Crippen LogP contribution is 2.30. The molecule has 1 atom stereocenters. The van der Waals surface area contributed by atoms with E-state index in [1.54, 1.807) is 13.2 Å². The van der Waals surface area contributed by atoms with E-state index in [-0.39, 0.29) is 11.9 Å². The van der Waals surface area contributed by atoms with Crippen molar-refractivity contribution in [3.8, 4) is 5.75 Å². The second kappa shape index (κ2) is 7.11. The second-order valence-corrected chi connectivity index (χ2v) is 5.04. The van der Waals surface area contributed by atoms with Crippen molar-refractivity contribution in [1.82, 2.24) is 0 Å². The quantitative estimate of drug-likeness (QED) is 0.810. The van der Waals surface area contributed by atoms with Gasteiger partial charge >= 0.3 is 0 Å². The third-order valence-electron chi connectivity index (χ3n) is 3.69. The lowest BCUT2D eigenvalue weighted by atomic mass is 10.0. The van der Waals surface area contributed by atoms with Gasteiger partial charge in [0.25, 0.3) is 0 Å². The molecule has 0 aliphatic rings. The van der Waals surface area contributed by atoms with E-state index in [4.69, 9.17) is 4.74 Å². The summed E-state index contributed by atoms with van der Waals surface area (Å²) in [6.07, 6.45) is 1.97. The van der Waals surface area contributed by atoms with E-state index in [0.29, 0.717) is 5.75 Å². The Morgan fingerprint density at radius 2 is 1.81 bits per heavy atom. The van der Waals surface area contributed by atoms with Crippen LogP contribution in [0.4, 0.5) is 10.1 Å². The van der Waals surface area contributed by atoms with Crippen LogP contribution in [-0.2, 0) is 6.42 Å². The molecule has 1 unspecified atom stereocenters. The smallest absolute Gasteiger partial charge is 0.144 e. The van der Waals surface area contributed by atoms with Gasteiger partial charge in [-0.05, 0) is 36.1 Å². The molecule has 2 nitrogen and oxygen atoms in total. The van der Waals surface area contributed by atoms with E-state index in [1.807, 2.05) is 0 Å². The molecular formula is C18H22FNO. The van der Waals surface area contributed by atoms with Crippen molar-refractivity contribution in [1.29, 1.82) is 0 Å². The third-order valence-corrected chi connectivity index (χ3v) is 3.69. The summed E-state index contributed by atoms with van der Waals surface area (Å²) in [6, 6.07) is 13.3. The molecule has 0 spiro atoms. The molecule has 0 bridgehead atoms.